The van der Waals surface area contributed by atoms with Crippen molar-refractivity contribution in [3.8, 4) is 11.1 Å². The summed E-state index contributed by atoms with van der Waals surface area (Å²) in [5, 5.41) is 10.6. The Kier molecular flexibility index (Phi) is 5.51. The van der Waals surface area contributed by atoms with Crippen LogP contribution in [0.1, 0.15) is 74.7 Å². The van der Waals surface area contributed by atoms with Gasteiger partial charge in [-0.25, -0.2) is 0 Å². The summed E-state index contributed by atoms with van der Waals surface area (Å²) in [6.45, 7) is 2.26. The molecule has 2 aromatic rings. The summed E-state index contributed by atoms with van der Waals surface area (Å²) in [6.07, 6.45) is 10.1. The Morgan fingerprint density at radius 3 is 2.30 bits per heavy atom. The van der Waals surface area contributed by atoms with Gasteiger partial charge in [0.05, 0.1) is 0 Å². The number of hydrogen-bond donors (Lipinski definition) is 1. The Morgan fingerprint density at radius 1 is 0.783 bits per heavy atom. The average molecular weight is 308 g/mol. The van der Waals surface area contributed by atoms with Gasteiger partial charge in [-0.2, -0.15) is 0 Å². The molecule has 1 aliphatic carbocycles. The zero-order valence-corrected chi connectivity index (χ0v) is 14.2. The van der Waals surface area contributed by atoms with Gasteiger partial charge in [-0.05, 0) is 40.7 Å². The van der Waals surface area contributed by atoms with Crippen LogP contribution < -0.4 is 0 Å². The number of fused-ring (bicyclic) bond motifs is 3. The first-order valence-electron chi connectivity index (χ1n) is 9.21. The second kappa shape index (κ2) is 7.79. The van der Waals surface area contributed by atoms with E-state index in [0.29, 0.717) is 0 Å². The highest BCUT2D eigenvalue weighted by molar-refractivity contribution is 5.78. The molecule has 0 saturated carbocycles. The standard InChI is InChI=1S/C22H28O/c1-2-3-4-5-6-7-8-11-17-14-15-19-18-12-9-10-13-20(18)22(23)21(19)16-17/h9-10,12-16,22-23H,2-8,11H2,1H3. The van der Waals surface area contributed by atoms with Gasteiger partial charge in [0.25, 0.3) is 0 Å². The first kappa shape index (κ1) is 16.3. The summed E-state index contributed by atoms with van der Waals surface area (Å²) in [7, 11) is 0. The third-order valence-electron chi connectivity index (χ3n) is 5.03. The maximum Gasteiger partial charge on any atom is 0.105 e. The van der Waals surface area contributed by atoms with Crippen molar-refractivity contribution in [1.29, 1.82) is 0 Å². The maximum absolute atomic E-state index is 10.6. The van der Waals surface area contributed by atoms with Gasteiger partial charge in [0.15, 0.2) is 0 Å². The normalized spacial score (nSPS) is 15.5. The molecule has 0 aliphatic heterocycles. The Balaban J connectivity index is 1.56. The van der Waals surface area contributed by atoms with E-state index < -0.39 is 6.10 Å². The average Bonchev–Trinajstić information content (AvgIpc) is 2.87. The molecule has 1 heteroatoms. The minimum atomic E-state index is -0.449. The highest BCUT2D eigenvalue weighted by Gasteiger charge is 2.26. The van der Waals surface area contributed by atoms with Crippen LogP contribution in [0.15, 0.2) is 42.5 Å². The molecular weight excluding hydrogens is 280 g/mol. The lowest BCUT2D eigenvalue weighted by Gasteiger charge is -2.08. The van der Waals surface area contributed by atoms with Crippen molar-refractivity contribution >= 4 is 0 Å². The van der Waals surface area contributed by atoms with Gasteiger partial charge in [0, 0.05) is 0 Å². The molecule has 0 bridgehead atoms. The van der Waals surface area contributed by atoms with E-state index >= 15 is 0 Å². The lowest BCUT2D eigenvalue weighted by Crippen LogP contribution is -1.95. The number of aryl methyl sites for hydroxylation is 1. The zero-order valence-electron chi connectivity index (χ0n) is 14.2. The summed E-state index contributed by atoms with van der Waals surface area (Å²) in [5.41, 5.74) is 5.90. The summed E-state index contributed by atoms with van der Waals surface area (Å²) < 4.78 is 0. The number of hydrogen-bond acceptors (Lipinski definition) is 1. The lowest BCUT2D eigenvalue weighted by atomic mass is 9.99. The van der Waals surface area contributed by atoms with Crippen LogP contribution in [0.25, 0.3) is 11.1 Å². The molecule has 0 radical (unpaired) electrons. The molecule has 1 nitrogen and oxygen atoms in total. The second-order valence-electron chi connectivity index (χ2n) is 6.78. The summed E-state index contributed by atoms with van der Waals surface area (Å²) in [4.78, 5) is 0. The van der Waals surface area contributed by atoms with Crippen molar-refractivity contribution in [1.82, 2.24) is 0 Å². The molecule has 2 aromatic carbocycles. The van der Waals surface area contributed by atoms with Crippen LogP contribution in [-0.2, 0) is 6.42 Å². The van der Waals surface area contributed by atoms with Crippen LogP contribution in [0.5, 0.6) is 0 Å². The maximum atomic E-state index is 10.6. The van der Waals surface area contributed by atoms with E-state index in [1.807, 2.05) is 18.2 Å². The number of rotatable bonds is 8. The molecule has 1 N–H and O–H groups in total. The Morgan fingerprint density at radius 2 is 1.48 bits per heavy atom. The van der Waals surface area contributed by atoms with E-state index in [0.717, 1.165) is 17.5 Å². The highest BCUT2D eigenvalue weighted by Crippen LogP contribution is 2.43. The smallest absolute Gasteiger partial charge is 0.105 e. The molecule has 0 spiro atoms. The fourth-order valence-electron chi connectivity index (χ4n) is 3.67. The van der Waals surface area contributed by atoms with E-state index in [-0.39, 0.29) is 0 Å². The molecule has 1 atom stereocenters. The third-order valence-corrected chi connectivity index (χ3v) is 5.03. The van der Waals surface area contributed by atoms with E-state index in [1.54, 1.807) is 0 Å². The molecule has 0 heterocycles. The van der Waals surface area contributed by atoms with Crippen LogP contribution in [0.2, 0.25) is 0 Å². The largest absolute Gasteiger partial charge is 0.384 e. The molecule has 0 amide bonds. The Hall–Kier alpha value is -1.60. The number of aliphatic hydroxyl groups excluding tert-OH is 1. The fourth-order valence-corrected chi connectivity index (χ4v) is 3.67. The van der Waals surface area contributed by atoms with Gasteiger partial charge in [-0.3, -0.25) is 0 Å². The van der Waals surface area contributed by atoms with Crippen molar-refractivity contribution in [2.75, 3.05) is 0 Å². The second-order valence-corrected chi connectivity index (χ2v) is 6.78. The van der Waals surface area contributed by atoms with Gasteiger partial charge in [0.1, 0.15) is 6.10 Å². The first-order valence-corrected chi connectivity index (χ1v) is 9.21. The molecule has 0 aromatic heterocycles. The summed E-state index contributed by atoms with van der Waals surface area (Å²) in [6, 6.07) is 14.9. The summed E-state index contributed by atoms with van der Waals surface area (Å²) in [5.74, 6) is 0. The quantitative estimate of drug-likeness (QED) is 0.589. The van der Waals surface area contributed by atoms with Gasteiger partial charge in [-0.1, -0.05) is 87.9 Å². The van der Waals surface area contributed by atoms with E-state index in [4.69, 9.17) is 0 Å². The first-order chi connectivity index (χ1) is 11.3. The minimum absolute atomic E-state index is 0.449. The van der Waals surface area contributed by atoms with Gasteiger partial charge < -0.3 is 5.11 Å². The zero-order chi connectivity index (χ0) is 16.1. The third kappa shape index (κ3) is 3.67. The highest BCUT2D eigenvalue weighted by atomic mass is 16.3. The predicted molar refractivity (Wildman–Crippen MR) is 97.6 cm³/mol. The van der Waals surface area contributed by atoms with E-state index in [9.17, 15) is 5.11 Å². The fraction of sp³-hybridized carbons (Fsp3) is 0.455. The molecule has 3 rings (SSSR count). The van der Waals surface area contributed by atoms with Crippen molar-refractivity contribution in [2.24, 2.45) is 0 Å². The van der Waals surface area contributed by atoms with Crippen LogP contribution >= 0.6 is 0 Å². The monoisotopic (exact) mass is 308 g/mol. The van der Waals surface area contributed by atoms with Gasteiger partial charge >= 0.3 is 0 Å². The topological polar surface area (TPSA) is 20.2 Å². The van der Waals surface area contributed by atoms with Crippen molar-refractivity contribution in [2.45, 2.75) is 64.4 Å². The van der Waals surface area contributed by atoms with Crippen molar-refractivity contribution < 1.29 is 5.11 Å². The molecule has 1 aliphatic rings. The van der Waals surface area contributed by atoms with E-state index in [2.05, 4.69) is 31.2 Å². The minimum Gasteiger partial charge on any atom is -0.384 e. The van der Waals surface area contributed by atoms with Crippen LogP contribution in [0.4, 0.5) is 0 Å². The molecule has 122 valence electrons. The van der Waals surface area contributed by atoms with Crippen molar-refractivity contribution in [3.05, 3.63) is 59.2 Å². The number of benzene rings is 2. The van der Waals surface area contributed by atoms with Crippen LogP contribution in [0, 0.1) is 0 Å². The molecule has 23 heavy (non-hydrogen) atoms. The van der Waals surface area contributed by atoms with Crippen LogP contribution in [-0.4, -0.2) is 5.11 Å². The Bertz CT molecular complexity index is 644. The van der Waals surface area contributed by atoms with Crippen LogP contribution in [0.3, 0.4) is 0 Å². The summed E-state index contributed by atoms with van der Waals surface area (Å²) >= 11 is 0. The predicted octanol–water partition coefficient (Wildman–Crippen LogP) is 6.04. The van der Waals surface area contributed by atoms with Gasteiger partial charge in [0.2, 0.25) is 0 Å². The lowest BCUT2D eigenvalue weighted by molar-refractivity contribution is 0.225. The van der Waals surface area contributed by atoms with E-state index in [1.165, 1.54) is 61.6 Å². The Labute approximate surface area is 140 Å². The number of aliphatic hydroxyl groups is 1. The molecule has 1 unspecified atom stereocenters. The molecule has 0 fully saturated rings. The van der Waals surface area contributed by atoms with Crippen molar-refractivity contribution in [3.63, 3.8) is 0 Å². The molecular formula is C22H28O. The SMILES string of the molecule is CCCCCCCCCc1ccc2c(c1)C(O)c1ccccc1-2. The van der Waals surface area contributed by atoms with Gasteiger partial charge in [-0.15, -0.1) is 0 Å². The number of unbranched alkanes of at least 4 members (excludes halogenated alkanes) is 6. The molecule has 0 saturated heterocycles.